The van der Waals surface area contributed by atoms with Gasteiger partial charge in [-0.3, -0.25) is 0 Å². The van der Waals surface area contributed by atoms with E-state index in [1.807, 2.05) is 18.7 Å². The minimum atomic E-state index is -2.76. The standard InChI is InChI=1S/C19H26F2N6O3/c1-3-6-28-7-5-27(4-2)18-24-17(25-19(26-18)30-12-10-29-11-12)14-9-23-15(22)8-13(14)16(20)21/h8-9,12,16H,3-7,10-11H2,1-2H3,(H2,22,23). The summed E-state index contributed by atoms with van der Waals surface area (Å²) in [5.41, 5.74) is 5.37. The first-order chi connectivity index (χ1) is 14.5. The highest BCUT2D eigenvalue weighted by Crippen LogP contribution is 2.31. The summed E-state index contributed by atoms with van der Waals surface area (Å²) in [5, 5.41) is 0. The van der Waals surface area contributed by atoms with Crippen LogP contribution in [0.25, 0.3) is 11.4 Å². The zero-order chi connectivity index (χ0) is 21.5. The normalized spacial score (nSPS) is 14.0. The second kappa shape index (κ2) is 10.4. The molecule has 0 amide bonds. The number of rotatable bonds is 11. The fraction of sp³-hybridized carbons (Fsp3) is 0.579. The van der Waals surface area contributed by atoms with Gasteiger partial charge in [0.05, 0.1) is 19.8 Å². The van der Waals surface area contributed by atoms with Gasteiger partial charge in [-0.2, -0.15) is 15.0 Å². The molecule has 0 saturated carbocycles. The van der Waals surface area contributed by atoms with E-state index in [0.717, 1.165) is 12.5 Å². The van der Waals surface area contributed by atoms with E-state index in [-0.39, 0.29) is 34.9 Å². The number of hydrogen-bond acceptors (Lipinski definition) is 9. The molecule has 0 bridgehead atoms. The molecule has 0 atom stereocenters. The number of aromatic nitrogens is 4. The minimum absolute atomic E-state index is 0.00493. The number of ether oxygens (including phenoxy) is 3. The van der Waals surface area contributed by atoms with E-state index in [1.165, 1.54) is 6.20 Å². The molecule has 2 N–H and O–H groups in total. The Hall–Kier alpha value is -2.66. The van der Waals surface area contributed by atoms with E-state index >= 15 is 0 Å². The zero-order valence-corrected chi connectivity index (χ0v) is 17.1. The Kier molecular flexibility index (Phi) is 7.63. The summed E-state index contributed by atoms with van der Waals surface area (Å²) >= 11 is 0. The molecule has 1 fully saturated rings. The number of hydrogen-bond donors (Lipinski definition) is 1. The van der Waals surface area contributed by atoms with E-state index < -0.39 is 6.43 Å². The molecule has 0 aliphatic carbocycles. The molecule has 3 heterocycles. The van der Waals surface area contributed by atoms with Crippen LogP contribution < -0.4 is 15.4 Å². The SMILES string of the molecule is CCCOCCN(CC)c1nc(OC2COC2)nc(-c2cnc(N)cc2C(F)F)n1. The predicted octanol–water partition coefficient (Wildman–Crippen LogP) is 2.48. The van der Waals surface area contributed by atoms with Gasteiger partial charge in [0, 0.05) is 37.0 Å². The van der Waals surface area contributed by atoms with Gasteiger partial charge in [0.25, 0.3) is 6.43 Å². The van der Waals surface area contributed by atoms with Gasteiger partial charge in [0.1, 0.15) is 11.9 Å². The van der Waals surface area contributed by atoms with Gasteiger partial charge in [0.2, 0.25) is 5.95 Å². The molecule has 2 aromatic heterocycles. The summed E-state index contributed by atoms with van der Waals surface area (Å²) in [6.45, 7) is 7.09. The van der Waals surface area contributed by atoms with Gasteiger partial charge < -0.3 is 24.8 Å². The molecule has 0 unspecified atom stereocenters. The minimum Gasteiger partial charge on any atom is -0.455 e. The molecule has 2 aromatic rings. The molecule has 164 valence electrons. The van der Waals surface area contributed by atoms with Crippen LogP contribution in [0.2, 0.25) is 0 Å². The maximum atomic E-state index is 13.6. The number of likely N-dealkylation sites (N-methyl/N-ethyl adjacent to an activating group) is 1. The molecule has 0 aromatic carbocycles. The second-order valence-corrected chi connectivity index (χ2v) is 6.71. The Labute approximate surface area is 173 Å². The van der Waals surface area contributed by atoms with Crippen LogP contribution in [0.3, 0.4) is 0 Å². The first kappa shape index (κ1) is 22.0. The summed E-state index contributed by atoms with van der Waals surface area (Å²) in [4.78, 5) is 18.9. The number of halogens is 2. The summed E-state index contributed by atoms with van der Waals surface area (Å²) in [5.74, 6) is 0.357. The molecule has 0 spiro atoms. The van der Waals surface area contributed by atoms with Crippen LogP contribution in [-0.2, 0) is 9.47 Å². The molecule has 3 rings (SSSR count). The summed E-state index contributed by atoms with van der Waals surface area (Å²) in [6, 6.07) is 1.17. The molecule has 1 saturated heterocycles. The van der Waals surface area contributed by atoms with Crippen molar-refractivity contribution < 1.29 is 23.0 Å². The Morgan fingerprint density at radius 2 is 2.03 bits per heavy atom. The fourth-order valence-corrected chi connectivity index (χ4v) is 2.77. The summed E-state index contributed by atoms with van der Waals surface area (Å²) < 4.78 is 43.6. The monoisotopic (exact) mass is 424 g/mol. The van der Waals surface area contributed by atoms with Crippen LogP contribution in [0.4, 0.5) is 20.5 Å². The molecular weight excluding hydrogens is 398 g/mol. The summed E-state index contributed by atoms with van der Waals surface area (Å²) in [6.07, 6.45) is -0.786. The first-order valence-electron chi connectivity index (χ1n) is 9.88. The van der Waals surface area contributed by atoms with Crippen molar-refractivity contribution in [1.29, 1.82) is 0 Å². The van der Waals surface area contributed by atoms with E-state index in [2.05, 4.69) is 19.9 Å². The topological polar surface area (TPSA) is 109 Å². The Bertz CT molecular complexity index is 838. The van der Waals surface area contributed by atoms with Crippen LogP contribution >= 0.6 is 0 Å². The van der Waals surface area contributed by atoms with Gasteiger partial charge in [-0.15, -0.1) is 0 Å². The average molecular weight is 424 g/mol. The van der Waals surface area contributed by atoms with Gasteiger partial charge in [0.15, 0.2) is 5.82 Å². The molecule has 1 aliphatic rings. The number of nitrogens with zero attached hydrogens (tertiary/aromatic N) is 5. The lowest BCUT2D eigenvalue weighted by Gasteiger charge is -2.26. The lowest BCUT2D eigenvalue weighted by molar-refractivity contribution is -0.0831. The van der Waals surface area contributed by atoms with Crippen LogP contribution in [0.15, 0.2) is 12.3 Å². The van der Waals surface area contributed by atoms with Crippen LogP contribution in [-0.4, -0.2) is 65.6 Å². The third-order valence-electron chi connectivity index (χ3n) is 4.43. The van der Waals surface area contributed by atoms with Gasteiger partial charge >= 0.3 is 6.01 Å². The zero-order valence-electron chi connectivity index (χ0n) is 17.1. The number of anilines is 2. The van der Waals surface area contributed by atoms with Crippen molar-refractivity contribution in [1.82, 2.24) is 19.9 Å². The van der Waals surface area contributed by atoms with Gasteiger partial charge in [-0.1, -0.05) is 6.92 Å². The number of alkyl halides is 2. The van der Waals surface area contributed by atoms with Crippen LogP contribution in [0, 0.1) is 0 Å². The fourth-order valence-electron chi connectivity index (χ4n) is 2.77. The van der Waals surface area contributed by atoms with Crippen LogP contribution in [0.1, 0.15) is 32.3 Å². The largest absolute Gasteiger partial charge is 0.455 e. The Morgan fingerprint density at radius 1 is 1.23 bits per heavy atom. The average Bonchev–Trinajstić information content (AvgIpc) is 2.70. The van der Waals surface area contributed by atoms with Gasteiger partial charge in [-0.25, -0.2) is 13.8 Å². The third-order valence-corrected chi connectivity index (χ3v) is 4.43. The van der Waals surface area contributed by atoms with Crippen molar-refractivity contribution >= 4 is 11.8 Å². The molecular formula is C19H26F2N6O3. The van der Waals surface area contributed by atoms with Crippen molar-refractivity contribution in [2.45, 2.75) is 32.8 Å². The van der Waals surface area contributed by atoms with Crippen molar-refractivity contribution in [3.63, 3.8) is 0 Å². The molecule has 9 nitrogen and oxygen atoms in total. The van der Waals surface area contributed by atoms with E-state index in [4.69, 9.17) is 19.9 Å². The lowest BCUT2D eigenvalue weighted by Crippen LogP contribution is -2.39. The summed E-state index contributed by atoms with van der Waals surface area (Å²) in [7, 11) is 0. The predicted molar refractivity (Wildman–Crippen MR) is 107 cm³/mol. The maximum Gasteiger partial charge on any atom is 0.322 e. The van der Waals surface area contributed by atoms with Gasteiger partial charge in [-0.05, 0) is 19.4 Å². The Balaban J connectivity index is 1.96. The van der Waals surface area contributed by atoms with Crippen molar-refractivity contribution in [2.75, 3.05) is 50.2 Å². The highest BCUT2D eigenvalue weighted by atomic mass is 19.3. The molecule has 11 heteroatoms. The highest BCUT2D eigenvalue weighted by Gasteiger charge is 2.25. The molecule has 0 radical (unpaired) electrons. The Morgan fingerprint density at radius 3 is 2.67 bits per heavy atom. The maximum absolute atomic E-state index is 13.6. The van der Waals surface area contributed by atoms with Crippen LogP contribution in [0.5, 0.6) is 6.01 Å². The quantitative estimate of drug-likeness (QED) is 0.544. The lowest BCUT2D eigenvalue weighted by atomic mass is 10.1. The third kappa shape index (κ3) is 5.48. The van der Waals surface area contributed by atoms with E-state index in [1.54, 1.807) is 0 Å². The van der Waals surface area contributed by atoms with Crippen molar-refractivity contribution in [3.05, 3.63) is 17.8 Å². The second-order valence-electron chi connectivity index (χ2n) is 6.71. The van der Waals surface area contributed by atoms with E-state index in [0.29, 0.717) is 45.5 Å². The molecule has 1 aliphatic heterocycles. The smallest absolute Gasteiger partial charge is 0.322 e. The first-order valence-corrected chi connectivity index (χ1v) is 9.88. The highest BCUT2D eigenvalue weighted by molar-refractivity contribution is 5.63. The van der Waals surface area contributed by atoms with Crippen molar-refractivity contribution in [2.24, 2.45) is 0 Å². The van der Waals surface area contributed by atoms with Crippen molar-refractivity contribution in [3.8, 4) is 17.4 Å². The molecule has 30 heavy (non-hydrogen) atoms. The number of nitrogen functional groups attached to an aromatic ring is 1. The number of pyridine rings is 1. The number of nitrogens with two attached hydrogens (primary N) is 1. The van der Waals surface area contributed by atoms with E-state index in [9.17, 15) is 8.78 Å².